The number of pyridine rings is 1. The van der Waals surface area contributed by atoms with Crippen LogP contribution in [0.3, 0.4) is 0 Å². The number of rotatable bonds is 4. The van der Waals surface area contributed by atoms with E-state index in [0.29, 0.717) is 11.2 Å². The van der Waals surface area contributed by atoms with Gasteiger partial charge in [0.1, 0.15) is 6.54 Å². The normalized spacial score (nSPS) is 13.4. The van der Waals surface area contributed by atoms with Crippen molar-refractivity contribution in [3.8, 4) is 0 Å². The van der Waals surface area contributed by atoms with Gasteiger partial charge in [0.25, 0.3) is 5.92 Å². The summed E-state index contributed by atoms with van der Waals surface area (Å²) in [5, 5.41) is 4.76. The lowest BCUT2D eigenvalue weighted by Crippen LogP contribution is -2.20. The van der Waals surface area contributed by atoms with E-state index >= 15 is 0 Å². The zero-order valence-electron chi connectivity index (χ0n) is 12.5. The monoisotopic (exact) mass is 312 g/mol. The summed E-state index contributed by atoms with van der Waals surface area (Å²) in [6.45, 7) is 6.63. The minimum Gasteiger partial charge on any atom is -0.257 e. The molecule has 0 radical (unpaired) electrons. The minimum atomic E-state index is -2.80. The molecule has 4 nitrogen and oxygen atoms in total. The van der Waals surface area contributed by atoms with Crippen molar-refractivity contribution < 1.29 is 8.78 Å². The molecule has 0 bridgehead atoms. The molecule has 2 heterocycles. The van der Waals surface area contributed by atoms with Gasteiger partial charge in [0.05, 0.1) is 29.8 Å². The second kappa shape index (κ2) is 5.71. The fourth-order valence-electron chi connectivity index (χ4n) is 1.69. The first-order valence-corrected chi connectivity index (χ1v) is 7.32. The fraction of sp³-hybridized carbons (Fsp3) is 0.500. The van der Waals surface area contributed by atoms with Gasteiger partial charge in [-0.3, -0.25) is 9.67 Å². The molecule has 0 aliphatic heterocycles. The Balaban J connectivity index is 2.20. The molecule has 114 valence electrons. The summed E-state index contributed by atoms with van der Waals surface area (Å²) in [5.41, 5.74) is 1.28. The number of aromatic nitrogens is 3. The molecule has 0 spiro atoms. The van der Waals surface area contributed by atoms with Crippen LogP contribution in [0, 0.1) is 0 Å². The molecule has 0 saturated heterocycles. The van der Waals surface area contributed by atoms with Crippen LogP contribution in [-0.4, -0.2) is 31.6 Å². The summed E-state index contributed by atoms with van der Waals surface area (Å²) in [4.78, 5) is 4.22. The van der Waals surface area contributed by atoms with Crippen LogP contribution >= 0.6 is 11.9 Å². The maximum Gasteiger partial charge on any atom is 0.264 e. The molecular formula is C14H18F2N4S. The first-order chi connectivity index (χ1) is 9.64. The van der Waals surface area contributed by atoms with Gasteiger partial charge in [-0.15, -0.1) is 0 Å². The maximum atomic E-state index is 13.1. The highest BCUT2D eigenvalue weighted by Crippen LogP contribution is 2.24. The molecule has 0 atom stereocenters. The highest BCUT2D eigenvalue weighted by atomic mass is 32.2. The van der Waals surface area contributed by atoms with E-state index in [1.165, 1.54) is 16.6 Å². The molecule has 0 fully saturated rings. The van der Waals surface area contributed by atoms with Crippen LogP contribution in [0.5, 0.6) is 0 Å². The number of hydrogen-bond donors (Lipinski definition) is 0. The largest absolute Gasteiger partial charge is 0.264 e. The van der Waals surface area contributed by atoms with E-state index in [1.807, 2.05) is 0 Å². The highest BCUT2D eigenvalue weighted by Gasteiger charge is 2.23. The summed E-state index contributed by atoms with van der Waals surface area (Å²) in [7, 11) is 0. The number of nitrogens with zero attached hydrogens (tertiary/aromatic N) is 4. The van der Waals surface area contributed by atoms with Crippen LogP contribution in [0.2, 0.25) is 0 Å². The predicted octanol–water partition coefficient (Wildman–Crippen LogP) is 3.95. The Kier molecular flexibility index (Phi) is 4.32. The van der Waals surface area contributed by atoms with Crippen molar-refractivity contribution >= 4 is 29.1 Å². The van der Waals surface area contributed by atoms with Crippen LogP contribution < -0.4 is 0 Å². The molecule has 2 aromatic heterocycles. The minimum absolute atomic E-state index is 0.0399. The van der Waals surface area contributed by atoms with Crippen LogP contribution in [0.1, 0.15) is 33.4 Å². The van der Waals surface area contributed by atoms with E-state index in [4.69, 9.17) is 0 Å². The quantitative estimate of drug-likeness (QED) is 0.634. The van der Waals surface area contributed by atoms with Gasteiger partial charge in [0.15, 0.2) is 0 Å². The number of fused-ring (bicyclic) bond motifs is 1. The molecule has 0 aromatic carbocycles. The first kappa shape index (κ1) is 15.9. The lowest BCUT2D eigenvalue weighted by Gasteiger charge is -2.12. The van der Waals surface area contributed by atoms with E-state index in [1.54, 1.807) is 24.7 Å². The Morgan fingerprint density at radius 3 is 2.62 bits per heavy atom. The van der Waals surface area contributed by atoms with E-state index in [0.717, 1.165) is 12.3 Å². The second-order valence-corrected chi connectivity index (χ2v) is 7.60. The van der Waals surface area contributed by atoms with Crippen molar-refractivity contribution in [1.29, 1.82) is 0 Å². The molecule has 7 heteroatoms. The van der Waals surface area contributed by atoms with Gasteiger partial charge >= 0.3 is 0 Å². The van der Waals surface area contributed by atoms with Gasteiger partial charge < -0.3 is 0 Å². The lowest BCUT2D eigenvalue weighted by molar-refractivity contribution is 0.00181. The van der Waals surface area contributed by atoms with Crippen molar-refractivity contribution in [2.24, 2.45) is 4.40 Å². The van der Waals surface area contributed by atoms with Crippen molar-refractivity contribution in [2.75, 3.05) is 0 Å². The third-order valence-electron chi connectivity index (χ3n) is 2.49. The van der Waals surface area contributed by atoms with Crippen LogP contribution in [0.25, 0.3) is 10.9 Å². The molecule has 0 aliphatic rings. The second-order valence-electron chi connectivity index (χ2n) is 5.98. The Labute approximate surface area is 126 Å². The Morgan fingerprint density at radius 1 is 1.29 bits per heavy atom. The van der Waals surface area contributed by atoms with Crippen molar-refractivity contribution in [1.82, 2.24) is 14.8 Å². The first-order valence-electron chi connectivity index (χ1n) is 6.55. The van der Waals surface area contributed by atoms with Gasteiger partial charge in [-0.25, -0.2) is 13.2 Å². The summed E-state index contributed by atoms with van der Waals surface area (Å²) in [5.74, 6) is -2.80. The summed E-state index contributed by atoms with van der Waals surface area (Å²) < 4.78 is 31.7. The predicted molar refractivity (Wildman–Crippen MR) is 83.1 cm³/mol. The zero-order valence-corrected chi connectivity index (χ0v) is 13.3. The van der Waals surface area contributed by atoms with Crippen LogP contribution in [0.4, 0.5) is 8.78 Å². The number of hydrogen-bond acceptors (Lipinski definition) is 4. The molecular weight excluding hydrogens is 294 g/mol. The van der Waals surface area contributed by atoms with E-state index in [9.17, 15) is 8.78 Å². The van der Waals surface area contributed by atoms with Crippen LogP contribution in [-0.2, 0) is 6.54 Å². The third kappa shape index (κ3) is 4.77. The maximum absolute atomic E-state index is 13.1. The zero-order chi connectivity index (χ0) is 15.7. The van der Waals surface area contributed by atoms with E-state index < -0.39 is 12.5 Å². The van der Waals surface area contributed by atoms with E-state index in [2.05, 4.69) is 35.3 Å². The smallest absolute Gasteiger partial charge is 0.257 e. The highest BCUT2D eigenvalue weighted by molar-refractivity contribution is 7.99. The summed E-state index contributed by atoms with van der Waals surface area (Å²) >= 11 is 1.46. The third-order valence-corrected chi connectivity index (χ3v) is 3.25. The SMILES string of the molecule is CC(F)(F)Cn1ncc2cc(/C=N/SC(C)(C)C)ncc21. The molecule has 0 amide bonds. The Morgan fingerprint density at radius 2 is 2.00 bits per heavy atom. The lowest BCUT2D eigenvalue weighted by atomic mass is 10.3. The van der Waals surface area contributed by atoms with Gasteiger partial charge in [-0.2, -0.15) is 5.10 Å². The molecule has 0 unspecified atom stereocenters. The van der Waals surface area contributed by atoms with Gasteiger partial charge in [0, 0.05) is 17.1 Å². The van der Waals surface area contributed by atoms with Gasteiger partial charge in [-0.1, -0.05) is 0 Å². The Hall–Kier alpha value is -1.50. The Bertz CT molecular complexity index is 653. The standard InChI is InChI=1S/C14H18F2N4S/c1-13(2,3)21-19-7-11-5-10-6-18-20(9-14(4,15)16)12(10)8-17-11/h5-8H,9H2,1-4H3/b19-7+. The average Bonchev–Trinajstić information content (AvgIpc) is 2.68. The molecule has 2 rings (SSSR count). The average molecular weight is 312 g/mol. The summed E-state index contributed by atoms with van der Waals surface area (Å²) in [6, 6.07) is 1.79. The fourth-order valence-corrected chi connectivity index (χ4v) is 2.17. The molecule has 0 N–H and O–H groups in total. The molecule has 21 heavy (non-hydrogen) atoms. The number of halogens is 2. The summed E-state index contributed by atoms with van der Waals surface area (Å²) in [6.07, 6.45) is 4.79. The molecule has 0 aliphatic carbocycles. The number of alkyl halides is 2. The van der Waals surface area contributed by atoms with E-state index in [-0.39, 0.29) is 4.75 Å². The van der Waals surface area contributed by atoms with Gasteiger partial charge in [-0.05, 0) is 38.8 Å². The van der Waals surface area contributed by atoms with Crippen molar-refractivity contribution in [3.05, 3.63) is 24.2 Å². The van der Waals surface area contributed by atoms with Crippen molar-refractivity contribution in [2.45, 2.75) is 44.9 Å². The molecule has 0 saturated carbocycles. The van der Waals surface area contributed by atoms with Gasteiger partial charge in [0.2, 0.25) is 0 Å². The topological polar surface area (TPSA) is 43.1 Å². The van der Waals surface area contributed by atoms with Crippen LogP contribution in [0.15, 0.2) is 22.9 Å². The molecule has 2 aromatic rings. The van der Waals surface area contributed by atoms with Crippen molar-refractivity contribution in [3.63, 3.8) is 0 Å².